The number of nitrogens with one attached hydrogen (secondary N) is 1. The Labute approximate surface area is 173 Å². The molecule has 1 aliphatic heterocycles. The van der Waals surface area contributed by atoms with Crippen molar-refractivity contribution in [2.24, 2.45) is 5.92 Å². The number of anilines is 1. The van der Waals surface area contributed by atoms with Gasteiger partial charge < -0.3 is 14.8 Å². The summed E-state index contributed by atoms with van der Waals surface area (Å²) >= 11 is 0. The third kappa shape index (κ3) is 4.54. The molecule has 30 heavy (non-hydrogen) atoms. The highest BCUT2D eigenvalue weighted by molar-refractivity contribution is 7.89. The van der Waals surface area contributed by atoms with E-state index in [1.54, 1.807) is 0 Å². The summed E-state index contributed by atoms with van der Waals surface area (Å²) in [6.45, 7) is 0.248. The Bertz CT molecular complexity index is 1050. The summed E-state index contributed by atoms with van der Waals surface area (Å²) in [7, 11) is -1.00. The van der Waals surface area contributed by atoms with Gasteiger partial charge in [-0.15, -0.1) is 0 Å². The Morgan fingerprint density at radius 2 is 1.80 bits per heavy atom. The van der Waals surface area contributed by atoms with Gasteiger partial charge in [0.15, 0.2) is 23.1 Å². The molecule has 10 heteroatoms. The smallest absolute Gasteiger partial charge is 0.243 e. The molecule has 3 rings (SSSR count). The van der Waals surface area contributed by atoms with Crippen LogP contribution in [0.2, 0.25) is 0 Å². The van der Waals surface area contributed by atoms with Gasteiger partial charge in [0.25, 0.3) is 0 Å². The third-order valence-corrected chi connectivity index (χ3v) is 6.80. The number of carbonyl (C=O) groups excluding carboxylic acids is 1. The van der Waals surface area contributed by atoms with Crippen LogP contribution in [0.1, 0.15) is 12.8 Å². The highest BCUT2D eigenvalue weighted by atomic mass is 32.2. The minimum atomic E-state index is -3.86. The van der Waals surface area contributed by atoms with Gasteiger partial charge in [-0.25, -0.2) is 17.2 Å². The largest absolute Gasteiger partial charge is 0.493 e. The fourth-order valence-corrected chi connectivity index (χ4v) is 4.86. The van der Waals surface area contributed by atoms with Gasteiger partial charge in [-0.3, -0.25) is 4.79 Å². The highest BCUT2D eigenvalue weighted by Crippen LogP contribution is 2.32. The molecule has 1 aliphatic rings. The predicted molar refractivity (Wildman–Crippen MR) is 106 cm³/mol. The molecule has 1 heterocycles. The quantitative estimate of drug-likeness (QED) is 0.747. The molecular weight excluding hydrogens is 418 g/mol. The molecule has 1 atom stereocenters. The van der Waals surface area contributed by atoms with Crippen LogP contribution in [0, 0.1) is 17.6 Å². The Kier molecular flexibility index (Phi) is 6.57. The van der Waals surface area contributed by atoms with E-state index in [9.17, 15) is 22.0 Å². The number of benzene rings is 2. The summed E-state index contributed by atoms with van der Waals surface area (Å²) in [5.74, 6) is -2.48. The van der Waals surface area contributed by atoms with Crippen LogP contribution < -0.4 is 14.8 Å². The monoisotopic (exact) mass is 440 g/mol. The standard InChI is InChI=1S/C20H22F2N2O5S/c1-28-18-8-6-15(11-19(18)29-2)30(26,27)24-9-3-4-13(12-24)20(25)23-14-5-7-16(21)17(22)10-14/h5-8,10-11,13H,3-4,9,12H2,1-2H3,(H,23,25). The van der Waals surface area contributed by atoms with Gasteiger partial charge in [0, 0.05) is 30.9 Å². The van der Waals surface area contributed by atoms with E-state index in [2.05, 4.69) is 5.32 Å². The molecule has 1 saturated heterocycles. The van der Waals surface area contributed by atoms with Crippen LogP contribution in [0.3, 0.4) is 0 Å². The first-order chi connectivity index (χ1) is 14.3. The molecule has 0 radical (unpaired) electrons. The van der Waals surface area contributed by atoms with Gasteiger partial charge >= 0.3 is 0 Å². The predicted octanol–water partition coefficient (Wildman–Crippen LogP) is 3.02. The first-order valence-corrected chi connectivity index (χ1v) is 10.7. The number of ether oxygens (including phenoxy) is 2. The van der Waals surface area contributed by atoms with E-state index < -0.39 is 33.5 Å². The third-order valence-electron chi connectivity index (χ3n) is 4.93. The maximum Gasteiger partial charge on any atom is 0.243 e. The minimum absolute atomic E-state index is 0.0216. The van der Waals surface area contributed by atoms with E-state index in [0.717, 1.165) is 12.1 Å². The lowest BCUT2D eigenvalue weighted by atomic mass is 9.98. The first kappa shape index (κ1) is 22.0. The van der Waals surface area contributed by atoms with Crippen molar-refractivity contribution < 1.29 is 31.5 Å². The maximum atomic E-state index is 13.4. The first-order valence-electron chi connectivity index (χ1n) is 9.24. The average molecular weight is 440 g/mol. The number of piperidine rings is 1. The van der Waals surface area contributed by atoms with Crippen molar-refractivity contribution in [1.82, 2.24) is 4.31 Å². The molecule has 162 valence electrons. The van der Waals surface area contributed by atoms with Gasteiger partial charge in [0.1, 0.15) is 0 Å². The van der Waals surface area contributed by atoms with Crippen molar-refractivity contribution in [3.05, 3.63) is 48.0 Å². The van der Waals surface area contributed by atoms with Gasteiger partial charge in [-0.05, 0) is 37.1 Å². The zero-order valence-electron chi connectivity index (χ0n) is 16.5. The second-order valence-electron chi connectivity index (χ2n) is 6.84. The zero-order chi connectivity index (χ0) is 21.9. The van der Waals surface area contributed by atoms with Crippen LogP contribution in [0.25, 0.3) is 0 Å². The van der Waals surface area contributed by atoms with E-state index >= 15 is 0 Å². The van der Waals surface area contributed by atoms with Crippen LogP contribution in [0.5, 0.6) is 11.5 Å². The number of methoxy groups -OCH3 is 2. The summed E-state index contributed by atoms with van der Waals surface area (Å²) in [4.78, 5) is 12.6. The second-order valence-corrected chi connectivity index (χ2v) is 8.78. The Balaban J connectivity index is 1.76. The van der Waals surface area contributed by atoms with Crippen molar-refractivity contribution in [3.8, 4) is 11.5 Å². The van der Waals surface area contributed by atoms with Crippen LogP contribution in [-0.4, -0.2) is 45.9 Å². The lowest BCUT2D eigenvalue weighted by molar-refractivity contribution is -0.120. The van der Waals surface area contributed by atoms with Crippen molar-refractivity contribution in [1.29, 1.82) is 0 Å². The molecule has 2 aromatic carbocycles. The van der Waals surface area contributed by atoms with Crippen molar-refractivity contribution in [2.75, 3.05) is 32.6 Å². The molecule has 7 nitrogen and oxygen atoms in total. The number of nitrogens with zero attached hydrogens (tertiary/aromatic N) is 1. The summed E-state index contributed by atoms with van der Waals surface area (Å²) in [6, 6.07) is 7.34. The van der Waals surface area contributed by atoms with Crippen molar-refractivity contribution >= 4 is 21.6 Å². The molecular formula is C20H22F2N2O5S. The summed E-state index contributed by atoms with van der Waals surface area (Å²) < 4.78 is 64.1. The number of hydrogen-bond donors (Lipinski definition) is 1. The Morgan fingerprint density at radius 1 is 1.07 bits per heavy atom. The Morgan fingerprint density at radius 3 is 2.47 bits per heavy atom. The molecule has 0 aliphatic carbocycles. The SMILES string of the molecule is COc1ccc(S(=O)(=O)N2CCCC(C(=O)Nc3ccc(F)c(F)c3)C2)cc1OC. The van der Waals surface area contributed by atoms with Crippen molar-refractivity contribution in [2.45, 2.75) is 17.7 Å². The number of carbonyl (C=O) groups is 1. The molecule has 0 saturated carbocycles. The zero-order valence-corrected chi connectivity index (χ0v) is 17.3. The van der Waals surface area contributed by atoms with Gasteiger partial charge in [0.05, 0.1) is 25.0 Å². The highest BCUT2D eigenvalue weighted by Gasteiger charge is 2.34. The van der Waals surface area contributed by atoms with E-state index in [1.807, 2.05) is 0 Å². The molecule has 1 amide bonds. The van der Waals surface area contributed by atoms with E-state index in [0.29, 0.717) is 18.6 Å². The molecule has 0 spiro atoms. The average Bonchev–Trinajstić information content (AvgIpc) is 2.75. The molecule has 1 fully saturated rings. The lowest BCUT2D eigenvalue weighted by Gasteiger charge is -2.31. The normalized spacial score (nSPS) is 17.4. The fourth-order valence-electron chi connectivity index (χ4n) is 3.32. The molecule has 1 N–H and O–H groups in total. The van der Waals surface area contributed by atoms with E-state index in [4.69, 9.17) is 9.47 Å². The number of sulfonamides is 1. The summed E-state index contributed by atoms with van der Waals surface area (Å²) in [5, 5.41) is 2.52. The maximum absolute atomic E-state index is 13.4. The van der Waals surface area contributed by atoms with Gasteiger partial charge in [-0.2, -0.15) is 4.31 Å². The van der Waals surface area contributed by atoms with Crippen LogP contribution in [0.4, 0.5) is 14.5 Å². The number of hydrogen-bond acceptors (Lipinski definition) is 5. The molecule has 0 aromatic heterocycles. The van der Waals surface area contributed by atoms with Crippen LogP contribution >= 0.6 is 0 Å². The topological polar surface area (TPSA) is 84.9 Å². The van der Waals surface area contributed by atoms with E-state index in [-0.39, 0.29) is 29.4 Å². The van der Waals surface area contributed by atoms with E-state index in [1.165, 1.54) is 42.8 Å². The summed E-state index contributed by atoms with van der Waals surface area (Å²) in [5.41, 5.74) is 0.110. The summed E-state index contributed by atoms with van der Waals surface area (Å²) in [6.07, 6.45) is 0.968. The molecule has 0 bridgehead atoms. The lowest BCUT2D eigenvalue weighted by Crippen LogP contribution is -2.43. The minimum Gasteiger partial charge on any atom is -0.493 e. The number of rotatable bonds is 6. The van der Waals surface area contributed by atoms with Gasteiger partial charge in [-0.1, -0.05) is 0 Å². The van der Waals surface area contributed by atoms with Crippen LogP contribution in [-0.2, 0) is 14.8 Å². The Hall–Kier alpha value is -2.72. The van der Waals surface area contributed by atoms with Crippen LogP contribution in [0.15, 0.2) is 41.3 Å². The fraction of sp³-hybridized carbons (Fsp3) is 0.350. The number of amides is 1. The van der Waals surface area contributed by atoms with Crippen molar-refractivity contribution in [3.63, 3.8) is 0 Å². The van der Waals surface area contributed by atoms with Gasteiger partial charge in [0.2, 0.25) is 15.9 Å². The molecule has 2 aromatic rings. The molecule has 1 unspecified atom stereocenters. The number of halogens is 2. The second kappa shape index (κ2) is 8.97.